The number of carbonyl (C=O) groups is 1. The zero-order chi connectivity index (χ0) is 15.2. The Hall–Kier alpha value is -0.880. The molecule has 0 bridgehead atoms. The summed E-state index contributed by atoms with van der Waals surface area (Å²) in [6.45, 7) is 4.30. The summed E-state index contributed by atoms with van der Waals surface area (Å²) in [5, 5.41) is 6.24. The van der Waals surface area contributed by atoms with Gasteiger partial charge < -0.3 is 15.4 Å². The van der Waals surface area contributed by atoms with E-state index in [0.717, 1.165) is 12.1 Å². The van der Waals surface area contributed by atoms with Gasteiger partial charge in [-0.25, -0.2) is 4.39 Å². The van der Waals surface area contributed by atoms with E-state index in [2.05, 4.69) is 10.6 Å². The molecule has 1 aliphatic heterocycles. The molecule has 0 spiro atoms. The minimum atomic E-state index is -0.452. The second kappa shape index (κ2) is 9.30. The minimum absolute atomic E-state index is 0. The van der Waals surface area contributed by atoms with Crippen molar-refractivity contribution in [3.63, 3.8) is 0 Å². The summed E-state index contributed by atoms with van der Waals surface area (Å²) in [5.74, 6) is -0.407. The number of ether oxygens (including phenoxy) is 1. The molecule has 2 rings (SSSR count). The van der Waals surface area contributed by atoms with Gasteiger partial charge in [-0.1, -0.05) is 24.6 Å². The lowest BCUT2D eigenvalue weighted by molar-refractivity contribution is -0.121. The van der Waals surface area contributed by atoms with Crippen LogP contribution in [0.3, 0.4) is 0 Å². The van der Waals surface area contributed by atoms with Gasteiger partial charge in [-0.3, -0.25) is 4.79 Å². The molecule has 2 N–H and O–H groups in total. The highest BCUT2D eigenvalue weighted by Gasteiger charge is 2.27. The summed E-state index contributed by atoms with van der Waals surface area (Å²) in [6.07, 6.45) is 0.185. The van der Waals surface area contributed by atoms with Crippen LogP contribution in [0.1, 0.15) is 25.0 Å². The fourth-order valence-electron chi connectivity index (χ4n) is 2.40. The van der Waals surface area contributed by atoms with Crippen molar-refractivity contribution in [1.82, 2.24) is 10.6 Å². The molecule has 1 aromatic rings. The van der Waals surface area contributed by atoms with Gasteiger partial charge in [0.25, 0.3) is 0 Å². The standard InChI is InChI=1S/C15H20ClFN2O2.ClH/c1-2-14(20)19-9-11-8-18-5-6-21-15(11)10-3-4-12(16)13(17)7-10;/h3-4,7,11,15,18H,2,5-6,8-9H2,1H3,(H,19,20);1H/t11-,15-;/m0./s1. The molecular formula is C15H21Cl2FN2O2. The summed E-state index contributed by atoms with van der Waals surface area (Å²) in [7, 11) is 0. The van der Waals surface area contributed by atoms with E-state index in [1.807, 2.05) is 6.92 Å². The van der Waals surface area contributed by atoms with Crippen molar-refractivity contribution in [3.8, 4) is 0 Å². The van der Waals surface area contributed by atoms with Crippen LogP contribution >= 0.6 is 24.0 Å². The lowest BCUT2D eigenvalue weighted by Crippen LogP contribution is -2.36. The predicted octanol–water partition coefficient (Wildman–Crippen LogP) is 2.70. The Balaban J connectivity index is 0.00000242. The Morgan fingerprint density at radius 1 is 1.55 bits per heavy atom. The van der Waals surface area contributed by atoms with E-state index in [1.165, 1.54) is 12.1 Å². The van der Waals surface area contributed by atoms with E-state index in [-0.39, 0.29) is 35.4 Å². The Morgan fingerprint density at radius 3 is 3.00 bits per heavy atom. The predicted molar refractivity (Wildman–Crippen MR) is 87.0 cm³/mol. The van der Waals surface area contributed by atoms with Gasteiger partial charge in [-0.05, 0) is 17.7 Å². The topological polar surface area (TPSA) is 50.4 Å². The zero-order valence-electron chi connectivity index (χ0n) is 12.4. The van der Waals surface area contributed by atoms with E-state index in [0.29, 0.717) is 26.1 Å². The molecule has 1 heterocycles. The summed E-state index contributed by atoms with van der Waals surface area (Å²) in [5.41, 5.74) is 0.747. The molecule has 1 aromatic carbocycles. The summed E-state index contributed by atoms with van der Waals surface area (Å²) < 4.78 is 19.5. The van der Waals surface area contributed by atoms with Crippen LogP contribution in [0.25, 0.3) is 0 Å². The van der Waals surface area contributed by atoms with E-state index in [9.17, 15) is 9.18 Å². The number of carbonyl (C=O) groups excluding carboxylic acids is 1. The van der Waals surface area contributed by atoms with Gasteiger partial charge in [0.1, 0.15) is 5.82 Å². The van der Waals surface area contributed by atoms with Crippen molar-refractivity contribution < 1.29 is 13.9 Å². The molecule has 22 heavy (non-hydrogen) atoms. The van der Waals surface area contributed by atoms with Gasteiger partial charge in [0.2, 0.25) is 5.91 Å². The summed E-state index contributed by atoms with van der Waals surface area (Å²) in [6, 6.07) is 4.72. The first kappa shape index (κ1) is 19.2. The van der Waals surface area contributed by atoms with Gasteiger partial charge in [-0.2, -0.15) is 0 Å². The van der Waals surface area contributed by atoms with Gasteiger partial charge in [0.15, 0.2) is 0 Å². The summed E-state index contributed by atoms with van der Waals surface area (Å²) >= 11 is 5.72. The normalized spacial score (nSPS) is 21.6. The van der Waals surface area contributed by atoms with Crippen LogP contribution < -0.4 is 10.6 Å². The Morgan fingerprint density at radius 2 is 2.32 bits per heavy atom. The second-order valence-electron chi connectivity index (χ2n) is 5.09. The summed E-state index contributed by atoms with van der Waals surface area (Å²) in [4.78, 5) is 11.4. The molecule has 0 aliphatic carbocycles. The Bertz CT molecular complexity index is 502. The smallest absolute Gasteiger partial charge is 0.219 e. The molecule has 0 unspecified atom stereocenters. The Kier molecular flexibility index (Phi) is 8.10. The third-order valence-electron chi connectivity index (χ3n) is 3.57. The number of nitrogens with one attached hydrogen (secondary N) is 2. The number of hydrogen-bond acceptors (Lipinski definition) is 3. The zero-order valence-corrected chi connectivity index (χ0v) is 14.0. The van der Waals surface area contributed by atoms with E-state index in [1.54, 1.807) is 6.07 Å². The average molecular weight is 351 g/mol. The Labute approximate surface area is 141 Å². The molecule has 0 radical (unpaired) electrons. The first-order chi connectivity index (χ1) is 10.1. The molecule has 1 amide bonds. The van der Waals surface area contributed by atoms with Crippen molar-refractivity contribution in [3.05, 3.63) is 34.6 Å². The molecule has 4 nitrogen and oxygen atoms in total. The molecule has 0 aromatic heterocycles. The van der Waals surface area contributed by atoms with Crippen molar-refractivity contribution >= 4 is 29.9 Å². The number of hydrogen-bond donors (Lipinski definition) is 2. The lowest BCUT2D eigenvalue weighted by Gasteiger charge is -2.25. The van der Waals surface area contributed by atoms with Crippen molar-refractivity contribution in [2.24, 2.45) is 5.92 Å². The van der Waals surface area contributed by atoms with Crippen molar-refractivity contribution in [2.75, 3.05) is 26.2 Å². The van der Waals surface area contributed by atoms with Gasteiger partial charge in [0.05, 0.1) is 17.7 Å². The second-order valence-corrected chi connectivity index (χ2v) is 5.49. The van der Waals surface area contributed by atoms with E-state index in [4.69, 9.17) is 16.3 Å². The highest BCUT2D eigenvalue weighted by molar-refractivity contribution is 6.30. The number of halogens is 3. The maximum atomic E-state index is 13.7. The molecule has 7 heteroatoms. The van der Waals surface area contributed by atoms with Gasteiger partial charge in [-0.15, -0.1) is 12.4 Å². The van der Waals surface area contributed by atoms with Crippen LogP contribution in [-0.2, 0) is 9.53 Å². The quantitative estimate of drug-likeness (QED) is 0.877. The van der Waals surface area contributed by atoms with Crippen LogP contribution in [0, 0.1) is 11.7 Å². The van der Waals surface area contributed by atoms with Crippen LogP contribution in [0.4, 0.5) is 4.39 Å². The van der Waals surface area contributed by atoms with Gasteiger partial charge >= 0.3 is 0 Å². The highest BCUT2D eigenvalue weighted by atomic mass is 35.5. The van der Waals surface area contributed by atoms with Crippen LogP contribution in [0.5, 0.6) is 0 Å². The SMILES string of the molecule is CCC(=O)NC[C@@H]1CNCCO[C@H]1c1ccc(Cl)c(F)c1.Cl. The van der Waals surface area contributed by atoms with Crippen LogP contribution in [0.2, 0.25) is 5.02 Å². The number of benzene rings is 1. The third-order valence-corrected chi connectivity index (χ3v) is 3.87. The molecular weight excluding hydrogens is 330 g/mol. The molecule has 0 saturated carbocycles. The third kappa shape index (κ3) is 5.09. The molecule has 2 atom stereocenters. The van der Waals surface area contributed by atoms with E-state index < -0.39 is 5.82 Å². The van der Waals surface area contributed by atoms with E-state index >= 15 is 0 Å². The maximum absolute atomic E-state index is 13.7. The molecule has 1 aliphatic rings. The fraction of sp³-hybridized carbons (Fsp3) is 0.533. The number of amides is 1. The first-order valence-electron chi connectivity index (χ1n) is 7.15. The highest BCUT2D eigenvalue weighted by Crippen LogP contribution is 2.29. The average Bonchev–Trinajstić information content (AvgIpc) is 2.73. The largest absolute Gasteiger partial charge is 0.372 e. The molecule has 1 fully saturated rings. The van der Waals surface area contributed by atoms with Crippen LogP contribution in [0.15, 0.2) is 18.2 Å². The van der Waals surface area contributed by atoms with Crippen LogP contribution in [-0.4, -0.2) is 32.1 Å². The van der Waals surface area contributed by atoms with Crippen molar-refractivity contribution in [1.29, 1.82) is 0 Å². The minimum Gasteiger partial charge on any atom is -0.372 e. The first-order valence-corrected chi connectivity index (χ1v) is 7.53. The molecule has 1 saturated heterocycles. The fourth-order valence-corrected chi connectivity index (χ4v) is 2.51. The number of rotatable bonds is 4. The van der Waals surface area contributed by atoms with Crippen molar-refractivity contribution in [2.45, 2.75) is 19.4 Å². The maximum Gasteiger partial charge on any atom is 0.219 e. The molecule has 124 valence electrons. The van der Waals surface area contributed by atoms with Gasteiger partial charge in [0, 0.05) is 32.0 Å². The monoisotopic (exact) mass is 350 g/mol. The lowest BCUT2D eigenvalue weighted by atomic mass is 9.95.